The standard InChI is InChI=1S/C18H36N3S/c1-16-4-10-19(11-5-16)22(20-12-6-17(2)7-13-20)21-14-8-18(3)9-15-21/h16-18H,4-15H2,1-3H3/q+1. The first-order chi connectivity index (χ1) is 10.6. The van der Waals surface area contributed by atoms with Gasteiger partial charge in [-0.15, -0.1) is 0 Å². The summed E-state index contributed by atoms with van der Waals surface area (Å²) in [5.74, 6) is 2.80. The van der Waals surface area contributed by atoms with Crippen LogP contribution in [-0.4, -0.2) is 52.2 Å². The number of rotatable bonds is 3. The van der Waals surface area contributed by atoms with E-state index in [1.165, 1.54) is 77.8 Å². The molecule has 0 radical (unpaired) electrons. The summed E-state index contributed by atoms with van der Waals surface area (Å²) in [5.41, 5.74) is 0. The molecule has 0 aromatic rings. The number of hydrogen-bond acceptors (Lipinski definition) is 3. The number of piperidine rings is 3. The van der Waals surface area contributed by atoms with E-state index in [9.17, 15) is 0 Å². The van der Waals surface area contributed by atoms with E-state index in [1.54, 1.807) is 0 Å². The Bertz CT molecular complexity index is 275. The molecule has 0 spiro atoms. The summed E-state index contributed by atoms with van der Waals surface area (Å²) < 4.78 is 8.52. The van der Waals surface area contributed by atoms with Crippen LogP contribution in [0.15, 0.2) is 0 Å². The minimum atomic E-state index is 0.271. The molecule has 0 aromatic carbocycles. The summed E-state index contributed by atoms with van der Waals surface area (Å²) in [5, 5.41) is 0. The van der Waals surface area contributed by atoms with Crippen LogP contribution < -0.4 is 0 Å². The Morgan fingerprint density at radius 1 is 0.500 bits per heavy atom. The van der Waals surface area contributed by atoms with Crippen molar-refractivity contribution in [3.05, 3.63) is 0 Å². The van der Waals surface area contributed by atoms with Crippen molar-refractivity contribution in [3.8, 4) is 0 Å². The van der Waals surface area contributed by atoms with Gasteiger partial charge < -0.3 is 0 Å². The van der Waals surface area contributed by atoms with E-state index in [0.717, 1.165) is 17.8 Å². The zero-order valence-corrected chi connectivity index (χ0v) is 15.8. The largest absolute Gasteiger partial charge is 0.268 e. The lowest BCUT2D eigenvalue weighted by Gasteiger charge is -2.40. The first kappa shape index (κ1) is 17.1. The third kappa shape index (κ3) is 4.19. The third-order valence-electron chi connectivity index (χ3n) is 5.92. The van der Waals surface area contributed by atoms with Gasteiger partial charge in [0.15, 0.2) is 0 Å². The zero-order valence-electron chi connectivity index (χ0n) is 15.0. The zero-order chi connectivity index (χ0) is 15.5. The first-order valence-corrected chi connectivity index (χ1v) is 10.7. The molecule has 0 saturated carbocycles. The second kappa shape index (κ2) is 7.87. The van der Waals surface area contributed by atoms with Gasteiger partial charge in [0.2, 0.25) is 0 Å². The average molecular weight is 327 g/mol. The van der Waals surface area contributed by atoms with Crippen LogP contribution >= 0.6 is 0 Å². The molecule has 0 N–H and O–H groups in total. The van der Waals surface area contributed by atoms with E-state index < -0.39 is 0 Å². The molecule has 3 rings (SSSR count). The summed E-state index contributed by atoms with van der Waals surface area (Å²) >= 11 is 0.271. The molecule has 3 fully saturated rings. The Labute approximate surface area is 141 Å². The van der Waals surface area contributed by atoms with Crippen LogP contribution in [0, 0.1) is 17.8 Å². The van der Waals surface area contributed by atoms with Crippen molar-refractivity contribution in [3.63, 3.8) is 0 Å². The quantitative estimate of drug-likeness (QED) is 0.735. The molecule has 128 valence electrons. The fourth-order valence-electron chi connectivity index (χ4n) is 3.93. The van der Waals surface area contributed by atoms with Crippen molar-refractivity contribution in [1.82, 2.24) is 12.9 Å². The second-order valence-corrected chi connectivity index (χ2v) is 10.1. The van der Waals surface area contributed by atoms with E-state index in [-0.39, 0.29) is 11.5 Å². The molecule has 0 amide bonds. The highest BCUT2D eigenvalue weighted by Gasteiger charge is 2.46. The van der Waals surface area contributed by atoms with Crippen molar-refractivity contribution >= 4 is 11.5 Å². The summed E-state index contributed by atoms with van der Waals surface area (Å²) in [6.45, 7) is 15.2. The molecule has 0 unspecified atom stereocenters. The van der Waals surface area contributed by atoms with Gasteiger partial charge in [0.25, 0.3) is 11.5 Å². The van der Waals surface area contributed by atoms with Gasteiger partial charge in [-0.25, -0.2) is 0 Å². The van der Waals surface area contributed by atoms with Crippen molar-refractivity contribution in [2.45, 2.75) is 59.3 Å². The molecule has 22 heavy (non-hydrogen) atoms. The SMILES string of the molecule is CC1CCN([S+](N2CCC(C)CC2)N2CCC(C)CC2)CC1. The highest BCUT2D eigenvalue weighted by molar-refractivity contribution is 7.90. The summed E-state index contributed by atoms with van der Waals surface area (Å²) in [7, 11) is 0. The minimum Gasteiger partial charge on any atom is -0.0881 e. The lowest BCUT2D eigenvalue weighted by molar-refractivity contribution is 0.221. The van der Waals surface area contributed by atoms with E-state index in [2.05, 4.69) is 33.7 Å². The van der Waals surface area contributed by atoms with Crippen LogP contribution in [0.4, 0.5) is 0 Å². The predicted octanol–water partition coefficient (Wildman–Crippen LogP) is 3.55. The van der Waals surface area contributed by atoms with Gasteiger partial charge in [-0.1, -0.05) is 33.7 Å². The Balaban J connectivity index is 1.67. The lowest BCUT2D eigenvalue weighted by atomic mass is 10.0. The molecule has 3 aliphatic heterocycles. The molecule has 0 aromatic heterocycles. The molecule has 3 nitrogen and oxygen atoms in total. The van der Waals surface area contributed by atoms with Gasteiger partial charge in [-0.3, -0.25) is 0 Å². The van der Waals surface area contributed by atoms with Crippen LogP contribution in [-0.2, 0) is 11.5 Å². The van der Waals surface area contributed by atoms with Gasteiger partial charge >= 0.3 is 0 Å². The van der Waals surface area contributed by atoms with Gasteiger partial charge in [-0.05, 0) is 56.3 Å². The second-order valence-electron chi connectivity index (χ2n) is 8.08. The van der Waals surface area contributed by atoms with Gasteiger partial charge in [0.05, 0.1) is 0 Å². The van der Waals surface area contributed by atoms with Crippen LogP contribution in [0.2, 0.25) is 0 Å². The number of nitrogens with zero attached hydrogens (tertiary/aromatic N) is 3. The topological polar surface area (TPSA) is 9.72 Å². The molecule has 3 aliphatic rings. The normalized spacial score (nSPS) is 29.5. The lowest BCUT2D eigenvalue weighted by Crippen LogP contribution is -2.58. The predicted molar refractivity (Wildman–Crippen MR) is 97.3 cm³/mol. The smallest absolute Gasteiger partial charge is 0.0881 e. The highest BCUT2D eigenvalue weighted by Crippen LogP contribution is 2.31. The van der Waals surface area contributed by atoms with E-state index in [0.29, 0.717) is 0 Å². The van der Waals surface area contributed by atoms with E-state index >= 15 is 0 Å². The van der Waals surface area contributed by atoms with Gasteiger partial charge in [0.1, 0.15) is 0 Å². The molecule has 4 heteroatoms. The van der Waals surface area contributed by atoms with Crippen molar-refractivity contribution < 1.29 is 0 Å². The first-order valence-electron chi connectivity index (χ1n) is 9.63. The number of hydrogen-bond donors (Lipinski definition) is 0. The van der Waals surface area contributed by atoms with Crippen molar-refractivity contribution in [1.29, 1.82) is 0 Å². The molecule has 0 aliphatic carbocycles. The van der Waals surface area contributed by atoms with Crippen LogP contribution in [0.1, 0.15) is 59.3 Å². The molecule has 3 heterocycles. The maximum atomic E-state index is 2.84. The highest BCUT2D eigenvalue weighted by atomic mass is 32.2. The van der Waals surface area contributed by atoms with Gasteiger partial charge in [-0.2, -0.15) is 0 Å². The Kier molecular flexibility index (Phi) is 6.10. The Morgan fingerprint density at radius 3 is 0.955 bits per heavy atom. The molecule has 0 bridgehead atoms. The molecule has 0 atom stereocenters. The summed E-state index contributed by atoms with van der Waals surface area (Å²) in [4.78, 5) is 0. The maximum Gasteiger partial charge on any atom is 0.268 e. The fourth-order valence-corrected chi connectivity index (χ4v) is 6.53. The molecule has 3 saturated heterocycles. The van der Waals surface area contributed by atoms with Crippen LogP contribution in [0.25, 0.3) is 0 Å². The van der Waals surface area contributed by atoms with Gasteiger partial charge in [0, 0.05) is 39.3 Å². The third-order valence-corrected chi connectivity index (χ3v) is 8.40. The van der Waals surface area contributed by atoms with E-state index in [1.807, 2.05) is 0 Å². The van der Waals surface area contributed by atoms with Crippen LogP contribution in [0.3, 0.4) is 0 Å². The maximum absolute atomic E-state index is 2.84. The van der Waals surface area contributed by atoms with Crippen molar-refractivity contribution in [2.24, 2.45) is 17.8 Å². The summed E-state index contributed by atoms with van der Waals surface area (Å²) in [6.07, 6.45) is 8.40. The molecular formula is C18H36N3S+. The Morgan fingerprint density at radius 2 is 0.727 bits per heavy atom. The van der Waals surface area contributed by atoms with Crippen LogP contribution in [0.5, 0.6) is 0 Å². The Hall–Kier alpha value is 0.230. The summed E-state index contributed by atoms with van der Waals surface area (Å²) in [6, 6.07) is 0. The van der Waals surface area contributed by atoms with Crippen molar-refractivity contribution in [2.75, 3.05) is 39.3 Å². The monoisotopic (exact) mass is 326 g/mol. The molecular weight excluding hydrogens is 290 g/mol. The average Bonchev–Trinajstić information content (AvgIpc) is 2.53. The minimum absolute atomic E-state index is 0.271. The van der Waals surface area contributed by atoms with E-state index in [4.69, 9.17) is 0 Å². The fraction of sp³-hybridized carbons (Fsp3) is 1.00.